The van der Waals surface area contributed by atoms with E-state index in [1.165, 1.54) is 4.88 Å². The number of guanidine groups is 1. The summed E-state index contributed by atoms with van der Waals surface area (Å²) in [5.74, 6) is 0.805. The van der Waals surface area contributed by atoms with E-state index < -0.39 is 0 Å². The molecule has 1 aromatic heterocycles. The van der Waals surface area contributed by atoms with Crippen molar-refractivity contribution in [3.63, 3.8) is 0 Å². The third-order valence-electron chi connectivity index (χ3n) is 3.24. The van der Waals surface area contributed by atoms with Crippen LogP contribution in [0.4, 0.5) is 0 Å². The lowest BCUT2D eigenvalue weighted by Gasteiger charge is -2.07. The van der Waals surface area contributed by atoms with Crippen molar-refractivity contribution in [3.05, 3.63) is 51.2 Å². The Morgan fingerprint density at radius 2 is 2.05 bits per heavy atom. The van der Waals surface area contributed by atoms with E-state index >= 15 is 0 Å². The minimum absolute atomic E-state index is 0.352. The molecule has 2 aromatic rings. The van der Waals surface area contributed by atoms with Crippen molar-refractivity contribution in [1.82, 2.24) is 5.32 Å². The number of thiophene rings is 1. The van der Waals surface area contributed by atoms with Gasteiger partial charge in [-0.3, -0.25) is 0 Å². The first-order chi connectivity index (χ1) is 10.1. The minimum Gasteiger partial charge on any atom is -0.507 e. The zero-order valence-corrected chi connectivity index (χ0v) is 13.2. The molecular formula is C16H21N3OS. The van der Waals surface area contributed by atoms with E-state index in [-0.39, 0.29) is 0 Å². The highest BCUT2D eigenvalue weighted by atomic mass is 32.1. The summed E-state index contributed by atoms with van der Waals surface area (Å²) in [5.41, 5.74) is 8.64. The van der Waals surface area contributed by atoms with Crippen molar-refractivity contribution < 1.29 is 5.11 Å². The SMILES string of the molecule is Cc1cc(CN=C(N)NCCc2cccs2)cc(C)c1O. The highest BCUT2D eigenvalue weighted by Gasteiger charge is 2.03. The van der Waals surface area contributed by atoms with Crippen LogP contribution in [-0.4, -0.2) is 17.6 Å². The Bertz CT molecular complexity index is 597. The van der Waals surface area contributed by atoms with Crippen molar-refractivity contribution in [3.8, 4) is 5.75 Å². The molecule has 0 bridgehead atoms. The van der Waals surface area contributed by atoms with Crippen molar-refractivity contribution in [2.24, 2.45) is 10.7 Å². The zero-order valence-electron chi connectivity index (χ0n) is 12.4. The number of nitrogens with one attached hydrogen (secondary N) is 1. The molecule has 2 rings (SSSR count). The Morgan fingerprint density at radius 1 is 1.33 bits per heavy atom. The summed E-state index contributed by atoms with van der Waals surface area (Å²) in [6.07, 6.45) is 0.950. The summed E-state index contributed by atoms with van der Waals surface area (Å²) in [5, 5.41) is 14.9. The summed E-state index contributed by atoms with van der Waals surface area (Å²) in [6, 6.07) is 8.03. The highest BCUT2D eigenvalue weighted by Crippen LogP contribution is 2.23. The number of benzene rings is 1. The van der Waals surface area contributed by atoms with Crippen LogP contribution in [0.25, 0.3) is 0 Å². The second-order valence-corrected chi connectivity index (χ2v) is 6.07. The van der Waals surface area contributed by atoms with Gasteiger partial charge >= 0.3 is 0 Å². The molecule has 0 amide bonds. The molecule has 0 spiro atoms. The quantitative estimate of drug-likeness (QED) is 0.587. The Labute approximate surface area is 129 Å². The Hall–Kier alpha value is -2.01. The molecule has 4 nitrogen and oxygen atoms in total. The maximum Gasteiger partial charge on any atom is 0.188 e. The summed E-state index contributed by atoms with van der Waals surface area (Å²) in [7, 11) is 0. The first-order valence-corrected chi connectivity index (χ1v) is 7.79. The predicted octanol–water partition coefficient (Wildman–Crippen LogP) is 2.72. The monoisotopic (exact) mass is 303 g/mol. The van der Waals surface area contributed by atoms with Crippen LogP contribution in [0.15, 0.2) is 34.6 Å². The molecular weight excluding hydrogens is 282 g/mol. The third-order valence-corrected chi connectivity index (χ3v) is 4.18. The molecule has 112 valence electrons. The average Bonchev–Trinajstić information content (AvgIpc) is 2.95. The van der Waals surface area contributed by atoms with Crippen LogP contribution in [0, 0.1) is 13.8 Å². The molecule has 0 aliphatic rings. The smallest absolute Gasteiger partial charge is 0.188 e. The summed E-state index contributed by atoms with van der Waals surface area (Å²) in [4.78, 5) is 5.66. The molecule has 0 aliphatic heterocycles. The number of phenolic OH excluding ortho intramolecular Hbond substituents is 1. The molecule has 4 N–H and O–H groups in total. The van der Waals surface area contributed by atoms with E-state index in [1.54, 1.807) is 11.3 Å². The first kappa shape index (κ1) is 15.4. The van der Waals surface area contributed by atoms with Crippen LogP contribution in [-0.2, 0) is 13.0 Å². The molecule has 1 aromatic carbocycles. The molecule has 0 unspecified atom stereocenters. The van der Waals surface area contributed by atoms with Gasteiger partial charge in [0, 0.05) is 11.4 Å². The molecule has 0 atom stereocenters. The summed E-state index contributed by atoms with van der Waals surface area (Å²) >= 11 is 1.74. The molecule has 0 radical (unpaired) electrons. The molecule has 0 aliphatic carbocycles. The summed E-state index contributed by atoms with van der Waals surface area (Å²) < 4.78 is 0. The topological polar surface area (TPSA) is 70.6 Å². The Morgan fingerprint density at radius 3 is 2.67 bits per heavy atom. The Kier molecular flexibility index (Phi) is 5.22. The fraction of sp³-hybridized carbons (Fsp3) is 0.312. The maximum atomic E-state index is 9.74. The fourth-order valence-corrected chi connectivity index (χ4v) is 2.85. The van der Waals surface area contributed by atoms with Crippen LogP contribution in [0.5, 0.6) is 5.75 Å². The van der Waals surface area contributed by atoms with Gasteiger partial charge < -0.3 is 16.2 Å². The molecule has 0 saturated heterocycles. The van der Waals surface area contributed by atoms with Gasteiger partial charge in [-0.05, 0) is 48.4 Å². The number of nitrogens with zero attached hydrogens (tertiary/aromatic N) is 1. The van der Waals surface area contributed by atoms with E-state index in [1.807, 2.05) is 32.0 Å². The standard InChI is InChI=1S/C16H21N3OS/c1-11-8-13(9-12(2)15(11)20)10-19-16(17)18-6-5-14-4-3-7-21-14/h3-4,7-9,20H,5-6,10H2,1-2H3,(H3,17,18,19). The van der Waals surface area contributed by atoms with E-state index in [0.29, 0.717) is 18.3 Å². The van der Waals surface area contributed by atoms with Crippen molar-refractivity contribution in [2.45, 2.75) is 26.8 Å². The van der Waals surface area contributed by atoms with Crippen LogP contribution in [0.1, 0.15) is 21.6 Å². The second-order valence-electron chi connectivity index (χ2n) is 5.04. The van der Waals surface area contributed by atoms with Crippen molar-refractivity contribution in [1.29, 1.82) is 0 Å². The number of aliphatic imine (C=N–C) groups is 1. The van der Waals surface area contributed by atoms with Crippen LogP contribution >= 0.6 is 11.3 Å². The number of nitrogens with two attached hydrogens (primary N) is 1. The number of hydrogen-bond acceptors (Lipinski definition) is 3. The lowest BCUT2D eigenvalue weighted by molar-refractivity contribution is 0.466. The second kappa shape index (κ2) is 7.13. The average molecular weight is 303 g/mol. The van der Waals surface area contributed by atoms with Gasteiger partial charge in [-0.2, -0.15) is 0 Å². The van der Waals surface area contributed by atoms with Gasteiger partial charge in [0.2, 0.25) is 0 Å². The van der Waals surface area contributed by atoms with Gasteiger partial charge in [-0.1, -0.05) is 18.2 Å². The highest BCUT2D eigenvalue weighted by molar-refractivity contribution is 7.09. The van der Waals surface area contributed by atoms with Gasteiger partial charge in [0.25, 0.3) is 0 Å². The normalized spacial score (nSPS) is 11.6. The number of phenols is 1. The van der Waals surface area contributed by atoms with Crippen molar-refractivity contribution in [2.75, 3.05) is 6.54 Å². The summed E-state index contributed by atoms with van der Waals surface area (Å²) in [6.45, 7) is 5.07. The molecule has 5 heteroatoms. The zero-order chi connectivity index (χ0) is 15.2. The molecule has 21 heavy (non-hydrogen) atoms. The minimum atomic E-state index is 0.352. The third kappa shape index (κ3) is 4.49. The van der Waals surface area contributed by atoms with Crippen LogP contribution in [0.2, 0.25) is 0 Å². The number of aryl methyl sites for hydroxylation is 2. The molecule has 1 heterocycles. The molecule has 0 fully saturated rings. The predicted molar refractivity (Wildman–Crippen MR) is 88.9 cm³/mol. The van der Waals surface area contributed by atoms with E-state index in [0.717, 1.165) is 29.7 Å². The lowest BCUT2D eigenvalue weighted by Crippen LogP contribution is -2.33. The maximum absolute atomic E-state index is 9.74. The van der Waals surface area contributed by atoms with Gasteiger partial charge in [-0.25, -0.2) is 4.99 Å². The van der Waals surface area contributed by atoms with Gasteiger partial charge in [0.1, 0.15) is 5.75 Å². The molecule has 0 saturated carbocycles. The number of rotatable bonds is 5. The first-order valence-electron chi connectivity index (χ1n) is 6.91. The Balaban J connectivity index is 1.85. The number of aromatic hydroxyl groups is 1. The van der Waals surface area contributed by atoms with Gasteiger partial charge in [0.15, 0.2) is 5.96 Å². The van der Waals surface area contributed by atoms with E-state index in [4.69, 9.17) is 5.73 Å². The van der Waals surface area contributed by atoms with E-state index in [9.17, 15) is 5.11 Å². The van der Waals surface area contributed by atoms with Crippen LogP contribution < -0.4 is 11.1 Å². The fourth-order valence-electron chi connectivity index (χ4n) is 2.14. The van der Waals surface area contributed by atoms with Gasteiger partial charge in [-0.15, -0.1) is 11.3 Å². The van der Waals surface area contributed by atoms with E-state index in [2.05, 4.69) is 21.8 Å². The lowest BCUT2D eigenvalue weighted by atomic mass is 10.1. The van der Waals surface area contributed by atoms with Gasteiger partial charge in [0.05, 0.1) is 6.54 Å². The van der Waals surface area contributed by atoms with Crippen LogP contribution in [0.3, 0.4) is 0 Å². The number of hydrogen-bond donors (Lipinski definition) is 3. The van der Waals surface area contributed by atoms with Crippen molar-refractivity contribution >= 4 is 17.3 Å². The largest absolute Gasteiger partial charge is 0.507 e.